The summed E-state index contributed by atoms with van der Waals surface area (Å²) >= 11 is 4.99. The maximum Gasteiger partial charge on any atom is 0.297 e. The molecule has 6 rings (SSSR count). The summed E-state index contributed by atoms with van der Waals surface area (Å²) in [7, 11) is 1.88. The molecule has 8 nitrogen and oxygen atoms in total. The summed E-state index contributed by atoms with van der Waals surface area (Å²) in [5, 5.41) is 7.10. The number of rotatable bonds is 6. The third-order valence-electron chi connectivity index (χ3n) is 7.47. The van der Waals surface area contributed by atoms with Crippen molar-refractivity contribution in [2.45, 2.75) is 13.8 Å². The van der Waals surface area contributed by atoms with Crippen molar-refractivity contribution in [3.05, 3.63) is 115 Å². The molecule has 1 fully saturated rings. The fourth-order valence-corrected chi connectivity index (χ4v) is 6.11. The Labute approximate surface area is 256 Å². The van der Waals surface area contributed by atoms with Crippen molar-refractivity contribution >= 4 is 44.4 Å². The molecule has 1 aliphatic rings. The van der Waals surface area contributed by atoms with E-state index in [2.05, 4.69) is 45.1 Å². The lowest BCUT2D eigenvalue weighted by molar-refractivity contribution is 0.122. The van der Waals surface area contributed by atoms with E-state index < -0.39 is 0 Å². The highest BCUT2D eigenvalue weighted by Crippen LogP contribution is 2.24. The minimum atomic E-state index is -0.175. The molecule has 42 heavy (non-hydrogen) atoms. The second-order valence-corrected chi connectivity index (χ2v) is 11.8. The second kappa shape index (κ2) is 12.1. The van der Waals surface area contributed by atoms with Gasteiger partial charge in [-0.3, -0.25) is 9.48 Å². The van der Waals surface area contributed by atoms with Gasteiger partial charge in [-0.25, -0.2) is 14.4 Å². The first-order valence-electron chi connectivity index (χ1n) is 13.7. The largest absolute Gasteiger partial charge is 0.378 e. The monoisotopic (exact) mass is 642 g/mol. The predicted molar refractivity (Wildman–Crippen MR) is 173 cm³/mol. The van der Waals surface area contributed by atoms with Crippen LogP contribution < -0.4 is 15.3 Å². The molecule has 0 saturated carbocycles. The van der Waals surface area contributed by atoms with Crippen molar-refractivity contribution in [3.63, 3.8) is 0 Å². The quantitative estimate of drug-likeness (QED) is 0.210. The molecule has 0 unspecified atom stereocenters. The molecule has 3 heterocycles. The van der Waals surface area contributed by atoms with Crippen molar-refractivity contribution in [2.75, 3.05) is 31.2 Å². The fourth-order valence-electron chi connectivity index (χ4n) is 5.01. The topological polar surface area (TPSA) is 69.0 Å². The number of benzene rings is 3. The molecule has 0 amide bonds. The molecule has 1 saturated heterocycles. The highest BCUT2D eigenvalue weighted by Gasteiger charge is 2.17. The number of nitrogens with zero attached hydrogens (tertiary/aromatic N) is 6. The molecule has 0 N–H and O–H groups in total. The van der Waals surface area contributed by atoms with E-state index in [4.69, 9.17) is 14.8 Å². The summed E-state index contributed by atoms with van der Waals surface area (Å²) in [6.45, 7) is 7.20. The van der Waals surface area contributed by atoms with E-state index in [1.54, 1.807) is 4.68 Å². The van der Waals surface area contributed by atoms with Crippen LogP contribution in [0.15, 0.2) is 104 Å². The zero-order valence-electron chi connectivity index (χ0n) is 23.7. The van der Waals surface area contributed by atoms with Gasteiger partial charge in [0.1, 0.15) is 0 Å². The highest BCUT2D eigenvalue weighted by molar-refractivity contribution is 9.10. The number of para-hydroxylation sites is 1. The number of ether oxygens (including phenoxy) is 1. The van der Waals surface area contributed by atoms with Gasteiger partial charge in [0, 0.05) is 41.2 Å². The van der Waals surface area contributed by atoms with E-state index in [1.807, 2.05) is 90.2 Å². The first kappa shape index (κ1) is 28.1. The third-order valence-corrected chi connectivity index (χ3v) is 8.81. The summed E-state index contributed by atoms with van der Waals surface area (Å²) in [6, 6.07) is 26.2. The maximum atomic E-state index is 13.6. The number of thiazole rings is 1. The zero-order chi connectivity index (χ0) is 29.2. The van der Waals surface area contributed by atoms with Crippen molar-refractivity contribution in [3.8, 4) is 16.9 Å². The third kappa shape index (κ3) is 5.57. The summed E-state index contributed by atoms with van der Waals surface area (Å²) in [5.74, 6) is 0. The first-order valence-corrected chi connectivity index (χ1v) is 15.4. The smallest absolute Gasteiger partial charge is 0.297 e. The van der Waals surface area contributed by atoms with E-state index >= 15 is 0 Å². The molecule has 0 spiro atoms. The predicted octanol–water partition coefficient (Wildman–Crippen LogP) is 6.12. The molecule has 10 heteroatoms. The minimum Gasteiger partial charge on any atom is -0.378 e. The molecule has 1 aliphatic heterocycles. The van der Waals surface area contributed by atoms with Crippen LogP contribution in [0.1, 0.15) is 18.2 Å². The Balaban J connectivity index is 1.46. The Morgan fingerprint density at radius 2 is 1.62 bits per heavy atom. The lowest BCUT2D eigenvalue weighted by atomic mass is 10.1. The van der Waals surface area contributed by atoms with Crippen LogP contribution in [0.2, 0.25) is 0 Å². The van der Waals surface area contributed by atoms with E-state index in [0.29, 0.717) is 10.5 Å². The van der Waals surface area contributed by atoms with Gasteiger partial charge in [-0.2, -0.15) is 5.10 Å². The number of hydrogen-bond acceptors (Lipinski definition) is 6. The minimum absolute atomic E-state index is 0.175. The van der Waals surface area contributed by atoms with Crippen LogP contribution in [0.25, 0.3) is 16.9 Å². The molecule has 0 aliphatic carbocycles. The van der Waals surface area contributed by atoms with Crippen LogP contribution in [-0.2, 0) is 11.8 Å². The van der Waals surface area contributed by atoms with Gasteiger partial charge in [-0.1, -0.05) is 58.4 Å². The van der Waals surface area contributed by atoms with Crippen LogP contribution >= 0.6 is 27.3 Å². The van der Waals surface area contributed by atoms with Crippen LogP contribution in [0.3, 0.4) is 0 Å². The standard InChI is InChI=1S/C32H31BrN6O2S/c1-22(24-11-15-27(16-12-24)37-17-19-41-20-18-37)35-38-29(25-9-13-26(33)14-10-25)21-42-32(38)34-30-23(2)36(3)39(31(30)40)28-7-5-4-6-8-28/h4-16,21H,17-20H2,1-3H3. The van der Waals surface area contributed by atoms with Gasteiger partial charge in [-0.15, -0.1) is 11.3 Å². The van der Waals surface area contributed by atoms with Gasteiger partial charge in [0.15, 0.2) is 5.69 Å². The number of aromatic nitrogens is 3. The molecule has 2 aromatic heterocycles. The van der Waals surface area contributed by atoms with Crippen molar-refractivity contribution < 1.29 is 4.74 Å². The summed E-state index contributed by atoms with van der Waals surface area (Å²) in [6.07, 6.45) is 0. The zero-order valence-corrected chi connectivity index (χ0v) is 26.1. The Morgan fingerprint density at radius 3 is 2.31 bits per heavy atom. The molecule has 0 radical (unpaired) electrons. The fraction of sp³-hybridized carbons (Fsp3) is 0.219. The maximum absolute atomic E-state index is 13.6. The van der Waals surface area contributed by atoms with Gasteiger partial charge in [-0.05, 0) is 55.8 Å². The lowest BCUT2D eigenvalue weighted by Gasteiger charge is -2.28. The summed E-state index contributed by atoms with van der Waals surface area (Å²) < 4.78 is 11.8. The first-order chi connectivity index (χ1) is 20.4. The molecule has 214 valence electrons. The van der Waals surface area contributed by atoms with Crippen LogP contribution in [0, 0.1) is 6.92 Å². The SMILES string of the molecule is CC(=Nn1c(-c2ccc(Br)cc2)csc1=Nc1c(C)n(C)n(-c2ccccc2)c1=O)c1ccc(N2CCOCC2)cc1. The van der Waals surface area contributed by atoms with Crippen molar-refractivity contribution in [1.82, 2.24) is 14.0 Å². The van der Waals surface area contributed by atoms with E-state index in [1.165, 1.54) is 17.0 Å². The number of anilines is 1. The van der Waals surface area contributed by atoms with Gasteiger partial charge >= 0.3 is 0 Å². The summed E-state index contributed by atoms with van der Waals surface area (Å²) in [5.41, 5.74) is 6.71. The molecular weight excluding hydrogens is 612 g/mol. The van der Waals surface area contributed by atoms with E-state index in [-0.39, 0.29) is 5.56 Å². The van der Waals surface area contributed by atoms with Gasteiger partial charge < -0.3 is 9.64 Å². The Kier molecular flexibility index (Phi) is 8.10. The molecular formula is C32H31BrN6O2S. The van der Waals surface area contributed by atoms with Crippen LogP contribution in [0.4, 0.5) is 11.4 Å². The average molecular weight is 644 g/mol. The number of morpholine rings is 1. The van der Waals surface area contributed by atoms with Crippen LogP contribution in [0.5, 0.6) is 0 Å². The average Bonchev–Trinajstić information content (AvgIpc) is 3.51. The van der Waals surface area contributed by atoms with Crippen molar-refractivity contribution in [1.29, 1.82) is 0 Å². The molecule has 5 aromatic rings. The Bertz CT molecular complexity index is 1860. The molecule has 3 aromatic carbocycles. The number of hydrogen-bond donors (Lipinski definition) is 0. The highest BCUT2D eigenvalue weighted by atomic mass is 79.9. The van der Waals surface area contributed by atoms with E-state index in [9.17, 15) is 4.79 Å². The Morgan fingerprint density at radius 1 is 0.929 bits per heavy atom. The van der Waals surface area contributed by atoms with E-state index in [0.717, 1.165) is 64.7 Å². The lowest BCUT2D eigenvalue weighted by Crippen LogP contribution is -2.36. The normalized spacial score (nSPS) is 14.5. The molecule has 0 atom stereocenters. The Hall–Kier alpha value is -3.99. The second-order valence-electron chi connectivity index (χ2n) is 10.1. The molecule has 0 bridgehead atoms. The summed E-state index contributed by atoms with van der Waals surface area (Å²) in [4.78, 5) is 21.5. The van der Waals surface area contributed by atoms with Crippen LogP contribution in [-0.4, -0.2) is 46.1 Å². The van der Waals surface area contributed by atoms with Gasteiger partial charge in [0.25, 0.3) is 5.56 Å². The van der Waals surface area contributed by atoms with Crippen molar-refractivity contribution in [2.24, 2.45) is 17.1 Å². The van der Waals surface area contributed by atoms with Gasteiger partial charge in [0.2, 0.25) is 4.80 Å². The number of halogens is 1. The van der Waals surface area contributed by atoms with Gasteiger partial charge in [0.05, 0.1) is 36.0 Å².